The van der Waals surface area contributed by atoms with Crippen LogP contribution < -0.4 is 15.8 Å². The third-order valence-electron chi connectivity index (χ3n) is 3.98. The van der Waals surface area contributed by atoms with Crippen molar-refractivity contribution < 1.29 is 14.3 Å². The van der Waals surface area contributed by atoms with Crippen molar-refractivity contribution in [1.82, 2.24) is 9.97 Å². The summed E-state index contributed by atoms with van der Waals surface area (Å²) in [5.74, 6) is 1.32. The molecule has 0 atom stereocenters. The number of nitrogens with two attached hydrogens (primary N) is 1. The number of nitrogen functional groups attached to an aromatic ring is 1. The maximum atomic E-state index is 6.38. The van der Waals surface area contributed by atoms with Crippen LogP contribution in [-0.4, -0.2) is 36.5 Å². The fraction of sp³-hybridized carbons (Fsp3) is 0.190. The number of halogens is 1. The lowest BCUT2D eigenvalue weighted by molar-refractivity contribution is 0.0760. The van der Waals surface area contributed by atoms with Gasteiger partial charge >= 0.3 is 0 Å². The monoisotopic (exact) mass is 427 g/mol. The van der Waals surface area contributed by atoms with Crippen LogP contribution in [0.25, 0.3) is 0 Å². The molecule has 0 aliphatic heterocycles. The van der Waals surface area contributed by atoms with E-state index in [0.29, 0.717) is 47.7 Å². The summed E-state index contributed by atoms with van der Waals surface area (Å²) in [6, 6.07) is 15.2. The summed E-state index contributed by atoms with van der Waals surface area (Å²) in [5, 5.41) is 7.51. The zero-order valence-corrected chi connectivity index (χ0v) is 17.2. The number of ether oxygens (including phenoxy) is 2. The van der Waals surface area contributed by atoms with E-state index in [1.807, 2.05) is 36.4 Å². The van der Waals surface area contributed by atoms with Crippen molar-refractivity contribution in [3.8, 4) is 5.75 Å². The van der Waals surface area contributed by atoms with Crippen LogP contribution in [0.2, 0.25) is 5.02 Å². The Bertz CT molecular complexity index is 986. The van der Waals surface area contributed by atoms with Gasteiger partial charge < -0.3 is 25.4 Å². The van der Waals surface area contributed by atoms with Crippen LogP contribution in [0, 0.1) is 0 Å². The zero-order chi connectivity index (χ0) is 21.2. The molecule has 1 aromatic heterocycles. The minimum absolute atomic E-state index is 0.264. The average molecular weight is 428 g/mol. The van der Waals surface area contributed by atoms with Crippen molar-refractivity contribution in [2.75, 3.05) is 31.4 Å². The molecule has 156 valence electrons. The highest BCUT2D eigenvalue weighted by Crippen LogP contribution is 2.30. The third kappa shape index (κ3) is 6.07. The van der Waals surface area contributed by atoms with Gasteiger partial charge in [-0.05, 0) is 23.8 Å². The third-order valence-corrected chi connectivity index (χ3v) is 4.28. The molecule has 0 bridgehead atoms. The maximum Gasteiger partial charge on any atom is 0.144 e. The van der Waals surface area contributed by atoms with Gasteiger partial charge in [-0.15, -0.1) is 0 Å². The van der Waals surface area contributed by atoms with Gasteiger partial charge in [-0.25, -0.2) is 9.97 Å². The minimum atomic E-state index is 0.264. The Kier molecular flexibility index (Phi) is 7.82. The molecule has 0 spiro atoms. The van der Waals surface area contributed by atoms with Gasteiger partial charge in [0.2, 0.25) is 0 Å². The van der Waals surface area contributed by atoms with Crippen molar-refractivity contribution in [3.05, 3.63) is 71.0 Å². The van der Waals surface area contributed by atoms with Crippen molar-refractivity contribution in [2.45, 2.75) is 6.61 Å². The SMILES string of the molecule is COCCO/N=C/c1c(N)ncnc1Nc1ccc(OCc2ccccc2)c(Cl)c1. The van der Waals surface area contributed by atoms with Crippen LogP contribution in [0.15, 0.2) is 60.0 Å². The molecule has 9 heteroatoms. The van der Waals surface area contributed by atoms with Gasteiger partial charge in [-0.3, -0.25) is 0 Å². The molecule has 3 N–H and O–H groups in total. The molecule has 1 heterocycles. The average Bonchev–Trinajstić information content (AvgIpc) is 2.75. The molecule has 0 unspecified atom stereocenters. The first-order valence-electron chi connectivity index (χ1n) is 9.15. The number of hydrogen-bond donors (Lipinski definition) is 2. The molecule has 0 fully saturated rings. The van der Waals surface area contributed by atoms with Crippen molar-refractivity contribution in [1.29, 1.82) is 0 Å². The normalized spacial score (nSPS) is 10.9. The maximum absolute atomic E-state index is 6.38. The Morgan fingerprint density at radius 3 is 2.73 bits per heavy atom. The highest BCUT2D eigenvalue weighted by molar-refractivity contribution is 6.32. The van der Waals surface area contributed by atoms with Crippen molar-refractivity contribution in [3.63, 3.8) is 0 Å². The molecule has 0 saturated carbocycles. The first kappa shape index (κ1) is 21.4. The van der Waals surface area contributed by atoms with E-state index < -0.39 is 0 Å². The quantitative estimate of drug-likeness (QED) is 0.286. The van der Waals surface area contributed by atoms with Crippen LogP contribution >= 0.6 is 11.6 Å². The Morgan fingerprint density at radius 2 is 1.97 bits per heavy atom. The number of methoxy groups -OCH3 is 1. The Hall–Kier alpha value is -3.36. The molecule has 0 aliphatic rings. The molecule has 0 radical (unpaired) electrons. The first-order valence-corrected chi connectivity index (χ1v) is 9.53. The number of hydrogen-bond acceptors (Lipinski definition) is 8. The number of nitrogens with one attached hydrogen (secondary N) is 1. The second-order valence-electron chi connectivity index (χ2n) is 6.13. The molecule has 0 amide bonds. The molecule has 0 aliphatic carbocycles. The number of oxime groups is 1. The fourth-order valence-corrected chi connectivity index (χ4v) is 2.70. The molecule has 3 rings (SSSR count). The summed E-state index contributed by atoms with van der Waals surface area (Å²) in [4.78, 5) is 13.3. The Morgan fingerprint density at radius 1 is 1.13 bits per heavy atom. The first-order chi connectivity index (χ1) is 14.7. The lowest BCUT2D eigenvalue weighted by atomic mass is 10.2. The Labute approximate surface area is 179 Å². The van der Waals surface area contributed by atoms with Gasteiger partial charge in [0.15, 0.2) is 0 Å². The highest BCUT2D eigenvalue weighted by Gasteiger charge is 2.10. The molecular weight excluding hydrogens is 406 g/mol. The predicted octanol–water partition coefficient (Wildman–Crippen LogP) is 4.03. The summed E-state index contributed by atoms with van der Waals surface area (Å²) < 4.78 is 10.7. The molecule has 8 nitrogen and oxygen atoms in total. The minimum Gasteiger partial charge on any atom is -0.487 e. The van der Waals surface area contributed by atoms with E-state index in [2.05, 4.69) is 20.4 Å². The van der Waals surface area contributed by atoms with Crippen LogP contribution in [-0.2, 0) is 16.2 Å². The predicted molar refractivity (Wildman–Crippen MR) is 117 cm³/mol. The van der Waals surface area contributed by atoms with Crippen molar-refractivity contribution >= 4 is 35.1 Å². The molecular formula is C21H22ClN5O3. The van der Waals surface area contributed by atoms with E-state index in [4.69, 9.17) is 31.6 Å². The summed E-state index contributed by atoms with van der Waals surface area (Å²) in [6.07, 6.45) is 2.81. The van der Waals surface area contributed by atoms with Crippen LogP contribution in [0.5, 0.6) is 5.75 Å². The zero-order valence-electron chi connectivity index (χ0n) is 16.4. The van der Waals surface area contributed by atoms with Gasteiger partial charge in [0.05, 0.1) is 23.4 Å². The number of nitrogens with zero attached hydrogens (tertiary/aromatic N) is 3. The summed E-state index contributed by atoms with van der Waals surface area (Å²) in [5.41, 5.74) is 8.22. The molecule has 3 aromatic rings. The topological polar surface area (TPSA) is 104 Å². The van der Waals surface area contributed by atoms with Crippen LogP contribution in [0.1, 0.15) is 11.1 Å². The van der Waals surface area contributed by atoms with Gasteiger partial charge in [0.25, 0.3) is 0 Å². The molecule has 30 heavy (non-hydrogen) atoms. The number of anilines is 3. The van der Waals surface area contributed by atoms with Crippen LogP contribution in [0.4, 0.5) is 17.3 Å². The number of aromatic nitrogens is 2. The van der Waals surface area contributed by atoms with Gasteiger partial charge in [-0.1, -0.05) is 47.1 Å². The van der Waals surface area contributed by atoms with E-state index in [9.17, 15) is 0 Å². The summed E-state index contributed by atoms with van der Waals surface area (Å²) in [6.45, 7) is 1.18. The van der Waals surface area contributed by atoms with E-state index in [1.54, 1.807) is 19.2 Å². The van der Waals surface area contributed by atoms with Crippen LogP contribution in [0.3, 0.4) is 0 Å². The largest absolute Gasteiger partial charge is 0.487 e. The van der Waals surface area contributed by atoms with E-state index >= 15 is 0 Å². The standard InChI is InChI=1S/C21H22ClN5O3/c1-28-9-10-30-26-12-17-20(23)24-14-25-21(17)27-16-7-8-19(18(22)11-16)29-13-15-5-3-2-4-6-15/h2-8,11-12,14H,9-10,13H2,1H3,(H3,23,24,25,27)/b26-12+. The smallest absolute Gasteiger partial charge is 0.144 e. The summed E-state index contributed by atoms with van der Waals surface area (Å²) >= 11 is 6.38. The fourth-order valence-electron chi connectivity index (χ4n) is 2.47. The van der Waals surface area contributed by atoms with Crippen molar-refractivity contribution in [2.24, 2.45) is 5.16 Å². The number of rotatable bonds is 10. The second-order valence-corrected chi connectivity index (χ2v) is 6.53. The lowest BCUT2D eigenvalue weighted by Crippen LogP contribution is -2.05. The second kappa shape index (κ2) is 11.0. The Balaban J connectivity index is 1.69. The summed E-state index contributed by atoms with van der Waals surface area (Å²) in [7, 11) is 1.58. The molecule has 0 saturated heterocycles. The lowest BCUT2D eigenvalue weighted by Gasteiger charge is -2.12. The highest BCUT2D eigenvalue weighted by atomic mass is 35.5. The molecule has 2 aromatic carbocycles. The van der Waals surface area contributed by atoms with E-state index in [-0.39, 0.29) is 5.82 Å². The van der Waals surface area contributed by atoms with E-state index in [1.165, 1.54) is 12.5 Å². The number of benzene rings is 2. The van der Waals surface area contributed by atoms with Gasteiger partial charge in [-0.2, -0.15) is 0 Å². The van der Waals surface area contributed by atoms with Gasteiger partial charge in [0.1, 0.15) is 36.9 Å². The van der Waals surface area contributed by atoms with E-state index in [0.717, 1.165) is 5.56 Å². The van der Waals surface area contributed by atoms with Gasteiger partial charge in [0, 0.05) is 12.8 Å².